The molecule has 0 unspecified atom stereocenters. The van der Waals surface area contributed by atoms with E-state index in [-0.39, 0.29) is 36.1 Å². The zero-order valence-corrected chi connectivity index (χ0v) is 17.7. The lowest BCUT2D eigenvalue weighted by molar-refractivity contribution is 0.0268. The van der Waals surface area contributed by atoms with Gasteiger partial charge in [-0.3, -0.25) is 4.99 Å². The van der Waals surface area contributed by atoms with Crippen LogP contribution >= 0.6 is 35.3 Å². The van der Waals surface area contributed by atoms with E-state index in [4.69, 9.17) is 4.74 Å². The number of hydrogen-bond acceptors (Lipinski definition) is 5. The Kier molecular flexibility index (Phi) is 10.2. The van der Waals surface area contributed by atoms with Gasteiger partial charge in [-0.15, -0.1) is 35.3 Å². The van der Waals surface area contributed by atoms with Gasteiger partial charge >= 0.3 is 0 Å². The fourth-order valence-electron chi connectivity index (χ4n) is 1.44. The molecule has 0 aromatic carbocycles. The zero-order valence-electron chi connectivity index (χ0n) is 13.8. The van der Waals surface area contributed by atoms with Gasteiger partial charge in [0.15, 0.2) is 5.96 Å². The second-order valence-electron chi connectivity index (χ2n) is 5.15. The maximum absolute atomic E-state index is 11.9. The van der Waals surface area contributed by atoms with Crippen LogP contribution in [-0.4, -0.2) is 53.8 Å². The van der Waals surface area contributed by atoms with Gasteiger partial charge < -0.3 is 15.4 Å². The minimum atomic E-state index is -3.41. The summed E-state index contributed by atoms with van der Waals surface area (Å²) >= 11 is 1.19. The van der Waals surface area contributed by atoms with Gasteiger partial charge in [0.05, 0.1) is 5.60 Å². The van der Waals surface area contributed by atoms with Crippen molar-refractivity contribution in [3.63, 3.8) is 0 Å². The van der Waals surface area contributed by atoms with Crippen LogP contribution in [0.3, 0.4) is 0 Å². The predicted molar refractivity (Wildman–Crippen MR) is 105 cm³/mol. The summed E-state index contributed by atoms with van der Waals surface area (Å²) in [6.07, 6.45) is 0. The molecule has 10 heteroatoms. The Bertz CT molecular complexity index is 574. The second-order valence-corrected chi connectivity index (χ2v) is 8.09. The van der Waals surface area contributed by atoms with Crippen LogP contribution in [0, 0.1) is 0 Å². The highest BCUT2D eigenvalue weighted by atomic mass is 127. The first-order valence-corrected chi connectivity index (χ1v) is 9.20. The van der Waals surface area contributed by atoms with E-state index in [2.05, 4.69) is 20.3 Å². The highest BCUT2D eigenvalue weighted by Crippen LogP contribution is 2.14. The van der Waals surface area contributed by atoms with E-state index >= 15 is 0 Å². The van der Waals surface area contributed by atoms with Gasteiger partial charge in [0, 0.05) is 33.8 Å². The van der Waals surface area contributed by atoms with Crippen molar-refractivity contribution in [2.45, 2.75) is 23.7 Å². The Morgan fingerprint density at radius 3 is 2.57 bits per heavy atom. The van der Waals surface area contributed by atoms with Gasteiger partial charge in [-0.2, -0.15) is 0 Å². The van der Waals surface area contributed by atoms with Gasteiger partial charge in [-0.1, -0.05) is 6.07 Å². The Hall–Kier alpha value is -0.430. The molecule has 1 aromatic heterocycles. The molecular weight excluding hydrogens is 451 g/mol. The lowest BCUT2D eigenvalue weighted by atomic mass is 10.1. The number of nitrogens with one attached hydrogen (secondary N) is 3. The highest BCUT2D eigenvalue weighted by molar-refractivity contribution is 14.0. The van der Waals surface area contributed by atoms with Crippen LogP contribution in [0.2, 0.25) is 0 Å². The topological polar surface area (TPSA) is 91.8 Å². The van der Waals surface area contributed by atoms with Gasteiger partial charge in [-0.05, 0) is 25.3 Å². The van der Waals surface area contributed by atoms with Gasteiger partial charge in [0.25, 0.3) is 0 Å². The molecule has 0 spiro atoms. The van der Waals surface area contributed by atoms with Crippen LogP contribution in [0.5, 0.6) is 0 Å². The van der Waals surface area contributed by atoms with E-state index in [0.29, 0.717) is 23.3 Å². The maximum Gasteiger partial charge on any atom is 0.250 e. The molecule has 0 atom stereocenters. The molecule has 1 heterocycles. The maximum atomic E-state index is 11.9. The predicted octanol–water partition coefficient (Wildman–Crippen LogP) is 1.23. The minimum absolute atomic E-state index is 0. The lowest BCUT2D eigenvalue weighted by Gasteiger charge is -2.24. The molecule has 1 aromatic rings. The number of rotatable bonds is 8. The molecule has 0 aliphatic heterocycles. The lowest BCUT2D eigenvalue weighted by Crippen LogP contribution is -2.46. The smallest absolute Gasteiger partial charge is 0.250 e. The van der Waals surface area contributed by atoms with Crippen molar-refractivity contribution in [3.05, 3.63) is 17.5 Å². The van der Waals surface area contributed by atoms with Crippen LogP contribution < -0.4 is 15.4 Å². The zero-order chi connectivity index (χ0) is 16.6. The van der Waals surface area contributed by atoms with E-state index in [9.17, 15) is 8.42 Å². The third-order valence-electron chi connectivity index (χ3n) is 2.93. The van der Waals surface area contributed by atoms with Crippen molar-refractivity contribution in [2.75, 3.05) is 33.8 Å². The van der Waals surface area contributed by atoms with E-state index in [1.54, 1.807) is 31.7 Å². The van der Waals surface area contributed by atoms with Crippen LogP contribution in [-0.2, 0) is 14.8 Å². The minimum Gasteiger partial charge on any atom is -0.377 e. The van der Waals surface area contributed by atoms with Crippen LogP contribution in [0.15, 0.2) is 26.7 Å². The van der Waals surface area contributed by atoms with Crippen molar-refractivity contribution in [3.8, 4) is 0 Å². The van der Waals surface area contributed by atoms with Gasteiger partial charge in [0.2, 0.25) is 10.0 Å². The molecule has 0 bridgehead atoms. The fraction of sp³-hybridized carbons (Fsp3) is 0.615. The summed E-state index contributed by atoms with van der Waals surface area (Å²) in [6, 6.07) is 3.29. The van der Waals surface area contributed by atoms with E-state index < -0.39 is 10.0 Å². The number of hydrogen-bond donors (Lipinski definition) is 3. The first kappa shape index (κ1) is 22.6. The first-order valence-electron chi connectivity index (χ1n) is 6.83. The molecule has 0 aliphatic rings. The quantitative estimate of drug-likeness (QED) is 0.227. The summed E-state index contributed by atoms with van der Waals surface area (Å²) in [7, 11) is -0.105. The number of ether oxygens (including phenoxy) is 1. The number of sulfonamides is 1. The Morgan fingerprint density at radius 1 is 1.35 bits per heavy atom. The van der Waals surface area contributed by atoms with Gasteiger partial charge in [0.1, 0.15) is 4.21 Å². The monoisotopic (exact) mass is 476 g/mol. The summed E-state index contributed by atoms with van der Waals surface area (Å²) in [5, 5.41) is 7.90. The Labute approximate surface area is 159 Å². The van der Waals surface area contributed by atoms with E-state index in [1.807, 2.05) is 13.8 Å². The summed E-state index contributed by atoms with van der Waals surface area (Å²) in [5.74, 6) is 0.598. The van der Waals surface area contributed by atoms with Crippen molar-refractivity contribution in [2.24, 2.45) is 4.99 Å². The van der Waals surface area contributed by atoms with Crippen LogP contribution in [0.25, 0.3) is 0 Å². The number of methoxy groups -OCH3 is 1. The number of guanidine groups is 1. The SMILES string of the molecule is CN=C(NCCNS(=O)(=O)c1cccs1)NCC(C)(C)OC.I. The van der Waals surface area contributed by atoms with Crippen molar-refractivity contribution < 1.29 is 13.2 Å². The van der Waals surface area contributed by atoms with Crippen LogP contribution in [0.4, 0.5) is 0 Å². The summed E-state index contributed by atoms with van der Waals surface area (Å²) in [5.41, 5.74) is -0.307. The third-order valence-corrected chi connectivity index (χ3v) is 5.79. The molecule has 0 amide bonds. The molecule has 23 heavy (non-hydrogen) atoms. The molecule has 134 valence electrons. The number of nitrogens with zero attached hydrogens (tertiary/aromatic N) is 1. The van der Waals surface area contributed by atoms with Crippen molar-refractivity contribution >= 4 is 51.3 Å². The highest BCUT2D eigenvalue weighted by Gasteiger charge is 2.17. The van der Waals surface area contributed by atoms with E-state index in [1.165, 1.54) is 11.3 Å². The summed E-state index contributed by atoms with van der Waals surface area (Å²) < 4.78 is 32.0. The number of aliphatic imine (C=N–C) groups is 1. The number of halogens is 1. The number of thiophene rings is 1. The molecular formula is C13H25IN4O3S2. The molecule has 1 rings (SSSR count). The molecule has 0 radical (unpaired) electrons. The average molecular weight is 476 g/mol. The second kappa shape index (κ2) is 10.4. The summed E-state index contributed by atoms with van der Waals surface area (Å²) in [4.78, 5) is 4.07. The standard InChI is InChI=1S/C13H24N4O3S2.HI/c1-13(2,20-4)10-16-12(14-3)15-7-8-17-22(18,19)11-6-5-9-21-11;/h5-6,9,17H,7-8,10H2,1-4H3,(H2,14,15,16);1H. The van der Waals surface area contributed by atoms with Crippen molar-refractivity contribution in [1.29, 1.82) is 0 Å². The average Bonchev–Trinajstić information content (AvgIpc) is 3.01. The molecule has 0 fully saturated rings. The van der Waals surface area contributed by atoms with Gasteiger partial charge in [-0.25, -0.2) is 13.1 Å². The Balaban J connectivity index is 0.00000484. The molecule has 0 saturated carbocycles. The van der Waals surface area contributed by atoms with Crippen LogP contribution in [0.1, 0.15) is 13.8 Å². The Morgan fingerprint density at radius 2 is 2.04 bits per heavy atom. The first-order chi connectivity index (χ1) is 10.3. The summed E-state index contributed by atoms with van der Waals surface area (Å²) in [6.45, 7) is 5.21. The molecule has 0 saturated heterocycles. The molecule has 0 aliphatic carbocycles. The molecule has 7 nitrogen and oxygen atoms in total. The van der Waals surface area contributed by atoms with Crippen molar-refractivity contribution in [1.82, 2.24) is 15.4 Å². The third kappa shape index (κ3) is 8.29. The fourth-order valence-corrected chi connectivity index (χ4v) is 3.51. The largest absolute Gasteiger partial charge is 0.377 e. The molecule has 3 N–H and O–H groups in total. The normalized spacial score (nSPS) is 12.6. The van der Waals surface area contributed by atoms with E-state index in [0.717, 1.165) is 0 Å².